The van der Waals surface area contributed by atoms with Crippen molar-refractivity contribution in [3.05, 3.63) is 65.5 Å². The molecule has 2 atom stereocenters. The van der Waals surface area contributed by atoms with E-state index in [-0.39, 0.29) is 17.9 Å². The van der Waals surface area contributed by atoms with Crippen LogP contribution in [0.3, 0.4) is 0 Å². The van der Waals surface area contributed by atoms with Crippen LogP contribution in [0.5, 0.6) is 5.75 Å². The molecule has 2 aliphatic heterocycles. The Morgan fingerprint density at radius 3 is 2.52 bits per heavy atom. The molecule has 0 saturated carbocycles. The smallest absolute Gasteiger partial charge is 0.127 e. The Morgan fingerprint density at radius 2 is 1.85 bits per heavy atom. The lowest BCUT2D eigenvalue weighted by Crippen LogP contribution is -2.60. The van der Waals surface area contributed by atoms with Crippen LogP contribution in [0.15, 0.2) is 48.5 Å². The molecule has 2 aromatic carbocycles. The first kappa shape index (κ1) is 18.4. The lowest BCUT2D eigenvalue weighted by atomic mass is 9.76. The summed E-state index contributed by atoms with van der Waals surface area (Å²) in [6.45, 7) is 4.33. The minimum absolute atomic E-state index is 0.0986. The fraction of sp³-hybridized carbons (Fsp3) is 0.455. The van der Waals surface area contributed by atoms with Crippen LogP contribution < -0.4 is 4.74 Å². The van der Waals surface area contributed by atoms with E-state index in [2.05, 4.69) is 17.0 Å². The number of fused-ring (bicyclic) bond motifs is 2. The summed E-state index contributed by atoms with van der Waals surface area (Å²) in [6, 6.07) is 15.1. The summed E-state index contributed by atoms with van der Waals surface area (Å²) < 4.78 is 25.3. The van der Waals surface area contributed by atoms with E-state index < -0.39 is 5.60 Å². The SMILES string of the molecule is CCOc1cc(F)cc(C2(O)CC3COCC(C2)N3Cc2ccccc2)c1. The molecule has 2 aliphatic rings. The second-order valence-electron chi connectivity index (χ2n) is 7.55. The molecule has 2 heterocycles. The van der Waals surface area contributed by atoms with Crippen LogP contribution in [-0.2, 0) is 16.9 Å². The van der Waals surface area contributed by atoms with Crippen molar-refractivity contribution >= 4 is 0 Å². The molecule has 4 rings (SSSR count). The molecular weight excluding hydrogens is 345 g/mol. The Hall–Kier alpha value is -1.95. The number of aliphatic hydroxyl groups is 1. The van der Waals surface area contributed by atoms with Gasteiger partial charge in [0.05, 0.1) is 25.4 Å². The van der Waals surface area contributed by atoms with Gasteiger partial charge in [-0.05, 0) is 43.0 Å². The monoisotopic (exact) mass is 371 g/mol. The van der Waals surface area contributed by atoms with Gasteiger partial charge in [-0.15, -0.1) is 0 Å². The molecule has 2 bridgehead atoms. The van der Waals surface area contributed by atoms with Crippen molar-refractivity contribution in [2.75, 3.05) is 19.8 Å². The number of hydrogen-bond donors (Lipinski definition) is 1. The molecule has 2 saturated heterocycles. The number of benzene rings is 2. The van der Waals surface area contributed by atoms with Crippen molar-refractivity contribution in [3.8, 4) is 5.75 Å². The highest BCUT2D eigenvalue weighted by Crippen LogP contribution is 2.42. The lowest BCUT2D eigenvalue weighted by Gasteiger charge is -2.52. The summed E-state index contributed by atoms with van der Waals surface area (Å²) in [6.07, 6.45) is 1.04. The van der Waals surface area contributed by atoms with Crippen LogP contribution >= 0.6 is 0 Å². The maximum Gasteiger partial charge on any atom is 0.127 e. The molecule has 4 nitrogen and oxygen atoms in total. The fourth-order valence-electron chi connectivity index (χ4n) is 4.41. The van der Waals surface area contributed by atoms with Crippen molar-refractivity contribution in [2.45, 2.75) is 44.0 Å². The van der Waals surface area contributed by atoms with Crippen LogP contribution in [0.1, 0.15) is 30.9 Å². The quantitative estimate of drug-likeness (QED) is 0.874. The summed E-state index contributed by atoms with van der Waals surface area (Å²) in [4.78, 5) is 2.43. The summed E-state index contributed by atoms with van der Waals surface area (Å²) in [5.74, 6) is 0.0894. The van der Waals surface area contributed by atoms with Gasteiger partial charge in [0.25, 0.3) is 0 Å². The van der Waals surface area contributed by atoms with Crippen molar-refractivity contribution in [1.82, 2.24) is 4.90 Å². The normalized spacial score (nSPS) is 28.1. The molecule has 144 valence electrons. The van der Waals surface area contributed by atoms with Crippen molar-refractivity contribution < 1.29 is 19.0 Å². The van der Waals surface area contributed by atoms with E-state index in [0.29, 0.717) is 44.0 Å². The van der Waals surface area contributed by atoms with E-state index >= 15 is 0 Å². The molecule has 2 aromatic rings. The largest absolute Gasteiger partial charge is 0.494 e. The zero-order valence-electron chi connectivity index (χ0n) is 15.6. The average Bonchev–Trinajstić information content (AvgIpc) is 2.63. The fourth-order valence-corrected chi connectivity index (χ4v) is 4.41. The highest BCUT2D eigenvalue weighted by Gasteiger charge is 2.47. The number of hydrogen-bond acceptors (Lipinski definition) is 4. The van der Waals surface area contributed by atoms with Crippen LogP contribution in [-0.4, -0.2) is 41.9 Å². The number of piperidine rings is 1. The summed E-state index contributed by atoms with van der Waals surface area (Å²) in [7, 11) is 0. The standard InChI is InChI=1S/C22H26FNO3/c1-2-27-21-9-17(8-18(23)10-21)22(25)11-19-14-26-15-20(12-22)24(19)13-16-6-4-3-5-7-16/h3-10,19-20,25H,2,11-15H2,1H3. The zero-order valence-corrected chi connectivity index (χ0v) is 15.6. The van der Waals surface area contributed by atoms with Crippen molar-refractivity contribution in [1.29, 1.82) is 0 Å². The van der Waals surface area contributed by atoms with Crippen LogP contribution in [0.2, 0.25) is 0 Å². The highest BCUT2D eigenvalue weighted by atomic mass is 19.1. The third-order valence-electron chi connectivity index (χ3n) is 5.63. The third-order valence-corrected chi connectivity index (χ3v) is 5.63. The Bertz CT molecular complexity index is 768. The average molecular weight is 371 g/mol. The number of morpholine rings is 1. The van der Waals surface area contributed by atoms with Gasteiger partial charge in [-0.25, -0.2) is 4.39 Å². The number of halogens is 1. The molecule has 0 aliphatic carbocycles. The topological polar surface area (TPSA) is 41.9 Å². The summed E-state index contributed by atoms with van der Waals surface area (Å²) >= 11 is 0. The van der Waals surface area contributed by atoms with Gasteiger partial charge in [-0.1, -0.05) is 30.3 Å². The lowest BCUT2D eigenvalue weighted by molar-refractivity contribution is -0.149. The van der Waals surface area contributed by atoms with Gasteiger partial charge in [0.1, 0.15) is 11.6 Å². The predicted octanol–water partition coefficient (Wildman–Crippen LogP) is 3.48. The van der Waals surface area contributed by atoms with Crippen molar-refractivity contribution in [3.63, 3.8) is 0 Å². The second-order valence-corrected chi connectivity index (χ2v) is 7.55. The molecule has 0 radical (unpaired) electrons. The second kappa shape index (κ2) is 7.58. The van der Waals surface area contributed by atoms with Gasteiger partial charge in [-0.3, -0.25) is 4.90 Å². The Kier molecular flexibility index (Phi) is 5.17. The molecule has 1 N–H and O–H groups in total. The Balaban J connectivity index is 1.59. The summed E-state index contributed by atoms with van der Waals surface area (Å²) in [5.41, 5.74) is 0.784. The van der Waals surface area contributed by atoms with Crippen LogP contribution in [0, 0.1) is 5.82 Å². The minimum atomic E-state index is -1.07. The van der Waals surface area contributed by atoms with E-state index in [9.17, 15) is 9.50 Å². The number of nitrogens with zero attached hydrogens (tertiary/aromatic N) is 1. The maximum atomic E-state index is 14.1. The van der Waals surface area contributed by atoms with Crippen LogP contribution in [0.25, 0.3) is 0 Å². The van der Waals surface area contributed by atoms with Crippen LogP contribution in [0.4, 0.5) is 4.39 Å². The van der Waals surface area contributed by atoms with E-state index in [4.69, 9.17) is 9.47 Å². The molecule has 2 unspecified atom stereocenters. The minimum Gasteiger partial charge on any atom is -0.494 e. The molecule has 0 spiro atoms. The highest BCUT2D eigenvalue weighted by molar-refractivity contribution is 5.34. The molecule has 27 heavy (non-hydrogen) atoms. The maximum absolute atomic E-state index is 14.1. The predicted molar refractivity (Wildman–Crippen MR) is 101 cm³/mol. The summed E-state index contributed by atoms with van der Waals surface area (Å²) in [5, 5.41) is 11.4. The number of rotatable bonds is 5. The van der Waals surface area contributed by atoms with Gasteiger partial charge < -0.3 is 14.6 Å². The van der Waals surface area contributed by atoms with E-state index in [1.54, 1.807) is 6.07 Å². The first-order valence-corrected chi connectivity index (χ1v) is 9.61. The van der Waals surface area contributed by atoms with Crippen molar-refractivity contribution in [2.24, 2.45) is 0 Å². The zero-order chi connectivity index (χ0) is 18.9. The molecule has 2 fully saturated rings. The Labute approximate surface area is 159 Å². The van der Waals surface area contributed by atoms with Gasteiger partial charge >= 0.3 is 0 Å². The van der Waals surface area contributed by atoms with E-state index in [0.717, 1.165) is 6.54 Å². The van der Waals surface area contributed by atoms with E-state index in [1.165, 1.54) is 17.7 Å². The van der Waals surface area contributed by atoms with Gasteiger partial charge in [-0.2, -0.15) is 0 Å². The van der Waals surface area contributed by atoms with E-state index in [1.807, 2.05) is 25.1 Å². The number of ether oxygens (including phenoxy) is 2. The Morgan fingerprint density at radius 1 is 1.15 bits per heavy atom. The molecule has 5 heteroatoms. The van der Waals surface area contributed by atoms with Gasteiger partial charge in [0, 0.05) is 24.7 Å². The molecular formula is C22H26FNO3. The first-order chi connectivity index (χ1) is 13.1. The molecule has 0 amide bonds. The molecule has 0 aromatic heterocycles. The van der Waals surface area contributed by atoms with Gasteiger partial charge in [0.15, 0.2) is 0 Å². The first-order valence-electron chi connectivity index (χ1n) is 9.61. The third kappa shape index (κ3) is 3.86. The van der Waals surface area contributed by atoms with Gasteiger partial charge in [0.2, 0.25) is 0 Å².